The Balaban J connectivity index is 2.05. The van der Waals surface area contributed by atoms with Crippen molar-refractivity contribution in [2.24, 2.45) is 0 Å². The van der Waals surface area contributed by atoms with Crippen LogP contribution in [-0.2, 0) is 12.1 Å². The molecule has 1 atom stereocenters. The minimum Gasteiger partial charge on any atom is -0.300 e. The van der Waals surface area contributed by atoms with E-state index in [4.69, 9.17) is 0 Å². The van der Waals surface area contributed by atoms with Gasteiger partial charge in [0, 0.05) is 30.5 Å². The van der Waals surface area contributed by atoms with Gasteiger partial charge in [0.05, 0.1) is 16.9 Å². The second kappa shape index (κ2) is 5.54. The van der Waals surface area contributed by atoms with Crippen molar-refractivity contribution in [3.63, 3.8) is 0 Å². The number of aromatic nitrogens is 3. The molecule has 2 rings (SSSR count). The summed E-state index contributed by atoms with van der Waals surface area (Å²) in [7, 11) is 0. The third kappa shape index (κ3) is 2.91. The van der Waals surface area contributed by atoms with Gasteiger partial charge >= 0.3 is 0 Å². The summed E-state index contributed by atoms with van der Waals surface area (Å²) in [6, 6.07) is 0. The Hall–Kier alpha value is -1.33. The average molecular weight is 262 g/mol. The highest BCUT2D eigenvalue weighted by Crippen LogP contribution is 2.26. The van der Waals surface area contributed by atoms with Crippen molar-refractivity contribution in [3.05, 3.63) is 40.4 Å². The Morgan fingerprint density at radius 2 is 2.11 bits per heavy atom. The van der Waals surface area contributed by atoms with Crippen LogP contribution in [0.15, 0.2) is 24.0 Å². The van der Waals surface area contributed by atoms with E-state index < -0.39 is 0 Å². The van der Waals surface area contributed by atoms with Crippen molar-refractivity contribution in [1.29, 1.82) is 0 Å². The second-order valence-corrected chi connectivity index (χ2v) is 5.42. The molecule has 0 saturated carbocycles. The molecule has 0 aromatic carbocycles. The first-order chi connectivity index (χ1) is 8.64. The molecule has 2 aromatic rings. The van der Waals surface area contributed by atoms with Crippen LogP contribution in [0.4, 0.5) is 0 Å². The van der Waals surface area contributed by atoms with Crippen molar-refractivity contribution < 1.29 is 0 Å². The SMILES string of the molecule is CCC(C)(NCc1cnc(C)cn1)c1nccs1. The summed E-state index contributed by atoms with van der Waals surface area (Å²) in [6.07, 6.45) is 6.45. The Bertz CT molecular complexity index is 480. The first-order valence-electron chi connectivity index (χ1n) is 6.06. The highest BCUT2D eigenvalue weighted by atomic mass is 32.1. The summed E-state index contributed by atoms with van der Waals surface area (Å²) in [5.41, 5.74) is 1.80. The number of hydrogen-bond donors (Lipinski definition) is 1. The molecule has 1 N–H and O–H groups in total. The van der Waals surface area contributed by atoms with Gasteiger partial charge in [-0.25, -0.2) is 4.98 Å². The largest absolute Gasteiger partial charge is 0.300 e. The lowest BCUT2D eigenvalue weighted by Gasteiger charge is -2.27. The van der Waals surface area contributed by atoms with Crippen LogP contribution < -0.4 is 5.32 Å². The van der Waals surface area contributed by atoms with E-state index in [2.05, 4.69) is 34.1 Å². The zero-order valence-corrected chi connectivity index (χ0v) is 11.8. The van der Waals surface area contributed by atoms with Gasteiger partial charge in [-0.1, -0.05) is 6.92 Å². The molecule has 0 bridgehead atoms. The van der Waals surface area contributed by atoms with E-state index in [1.165, 1.54) is 0 Å². The topological polar surface area (TPSA) is 50.7 Å². The third-order valence-electron chi connectivity index (χ3n) is 3.11. The number of nitrogens with zero attached hydrogens (tertiary/aromatic N) is 3. The molecule has 0 saturated heterocycles. The van der Waals surface area contributed by atoms with Gasteiger partial charge in [-0.05, 0) is 20.3 Å². The van der Waals surface area contributed by atoms with Gasteiger partial charge in [0.1, 0.15) is 5.01 Å². The molecule has 0 fully saturated rings. The minimum absolute atomic E-state index is 0.0965. The van der Waals surface area contributed by atoms with E-state index in [1.807, 2.05) is 24.7 Å². The summed E-state index contributed by atoms with van der Waals surface area (Å²) >= 11 is 1.68. The fourth-order valence-corrected chi connectivity index (χ4v) is 2.49. The van der Waals surface area contributed by atoms with E-state index in [0.29, 0.717) is 6.54 Å². The molecular weight excluding hydrogens is 244 g/mol. The highest BCUT2D eigenvalue weighted by molar-refractivity contribution is 7.09. The monoisotopic (exact) mass is 262 g/mol. The predicted octanol–water partition coefficient (Wildman–Crippen LogP) is 2.66. The van der Waals surface area contributed by atoms with Crippen LogP contribution in [0.2, 0.25) is 0 Å². The van der Waals surface area contributed by atoms with E-state index in [9.17, 15) is 0 Å². The lowest BCUT2D eigenvalue weighted by molar-refractivity contribution is 0.347. The zero-order chi connectivity index (χ0) is 13.0. The summed E-state index contributed by atoms with van der Waals surface area (Å²) in [6.45, 7) is 6.98. The predicted molar refractivity (Wildman–Crippen MR) is 73.4 cm³/mol. The Morgan fingerprint density at radius 3 is 2.67 bits per heavy atom. The van der Waals surface area contributed by atoms with Gasteiger partial charge in [0.2, 0.25) is 0 Å². The Morgan fingerprint density at radius 1 is 1.28 bits per heavy atom. The van der Waals surface area contributed by atoms with Gasteiger partial charge in [-0.15, -0.1) is 11.3 Å². The summed E-state index contributed by atoms with van der Waals surface area (Å²) in [5.74, 6) is 0. The molecule has 0 radical (unpaired) electrons. The van der Waals surface area contributed by atoms with Gasteiger partial charge in [0.15, 0.2) is 0 Å². The smallest absolute Gasteiger partial charge is 0.112 e. The van der Waals surface area contributed by atoms with Gasteiger partial charge in [-0.3, -0.25) is 15.3 Å². The van der Waals surface area contributed by atoms with Gasteiger partial charge in [-0.2, -0.15) is 0 Å². The summed E-state index contributed by atoms with van der Waals surface area (Å²) < 4.78 is 0. The number of thiazole rings is 1. The standard InChI is InChI=1S/C13H18N4S/c1-4-13(3,12-14-5-6-18-12)17-9-11-8-15-10(2)7-16-11/h5-8,17H,4,9H2,1-3H3. The molecule has 5 heteroatoms. The Labute approximate surface area is 112 Å². The van der Waals surface area contributed by atoms with Crippen molar-refractivity contribution in [2.45, 2.75) is 39.3 Å². The van der Waals surface area contributed by atoms with Crippen LogP contribution in [0.25, 0.3) is 0 Å². The third-order valence-corrected chi connectivity index (χ3v) is 4.14. The molecule has 0 aliphatic carbocycles. The molecule has 2 heterocycles. The normalized spacial score (nSPS) is 14.4. The first kappa shape index (κ1) is 13.1. The van der Waals surface area contributed by atoms with Crippen LogP contribution in [-0.4, -0.2) is 15.0 Å². The first-order valence-corrected chi connectivity index (χ1v) is 6.94. The van der Waals surface area contributed by atoms with E-state index in [0.717, 1.165) is 22.8 Å². The number of rotatable bonds is 5. The lowest BCUT2D eigenvalue weighted by Crippen LogP contribution is -2.38. The van der Waals surface area contributed by atoms with Gasteiger partial charge < -0.3 is 0 Å². The summed E-state index contributed by atoms with van der Waals surface area (Å²) in [4.78, 5) is 13.0. The lowest BCUT2D eigenvalue weighted by atomic mass is 10.00. The molecule has 96 valence electrons. The van der Waals surface area contributed by atoms with Crippen molar-refractivity contribution in [1.82, 2.24) is 20.3 Å². The Kier molecular flexibility index (Phi) is 4.04. The van der Waals surface area contributed by atoms with Crippen molar-refractivity contribution in [2.75, 3.05) is 0 Å². The van der Waals surface area contributed by atoms with Gasteiger partial charge in [0.25, 0.3) is 0 Å². The fourth-order valence-electron chi connectivity index (χ4n) is 1.64. The van der Waals surface area contributed by atoms with E-state index in [1.54, 1.807) is 17.5 Å². The average Bonchev–Trinajstić information content (AvgIpc) is 2.92. The molecule has 18 heavy (non-hydrogen) atoms. The molecule has 0 aliphatic heterocycles. The molecule has 1 unspecified atom stereocenters. The molecular formula is C13H18N4S. The van der Waals surface area contributed by atoms with Crippen molar-refractivity contribution in [3.8, 4) is 0 Å². The van der Waals surface area contributed by atoms with Crippen molar-refractivity contribution >= 4 is 11.3 Å². The zero-order valence-electron chi connectivity index (χ0n) is 11.0. The maximum atomic E-state index is 4.41. The summed E-state index contributed by atoms with van der Waals surface area (Å²) in [5, 5.41) is 6.66. The highest BCUT2D eigenvalue weighted by Gasteiger charge is 2.26. The number of nitrogens with one attached hydrogen (secondary N) is 1. The second-order valence-electron chi connectivity index (χ2n) is 4.53. The van der Waals surface area contributed by atoms with Crippen LogP contribution in [0, 0.1) is 6.92 Å². The fraction of sp³-hybridized carbons (Fsp3) is 0.462. The quantitative estimate of drug-likeness (QED) is 0.900. The van der Waals surface area contributed by atoms with Crippen LogP contribution in [0.5, 0.6) is 0 Å². The van der Waals surface area contributed by atoms with E-state index in [-0.39, 0.29) is 5.54 Å². The maximum absolute atomic E-state index is 4.41. The molecule has 0 spiro atoms. The maximum Gasteiger partial charge on any atom is 0.112 e. The number of hydrogen-bond acceptors (Lipinski definition) is 5. The number of aryl methyl sites for hydroxylation is 1. The molecule has 2 aromatic heterocycles. The molecule has 0 aliphatic rings. The van der Waals surface area contributed by atoms with Crippen LogP contribution in [0.1, 0.15) is 36.7 Å². The van der Waals surface area contributed by atoms with E-state index >= 15 is 0 Å². The van der Waals surface area contributed by atoms with Crippen LogP contribution in [0.3, 0.4) is 0 Å². The van der Waals surface area contributed by atoms with Crippen LogP contribution >= 0.6 is 11.3 Å². The molecule has 4 nitrogen and oxygen atoms in total. The minimum atomic E-state index is -0.0965. The molecule has 0 amide bonds.